The van der Waals surface area contributed by atoms with Crippen LogP contribution in [-0.4, -0.2) is 22.6 Å². The van der Waals surface area contributed by atoms with Gasteiger partial charge in [0.25, 0.3) is 0 Å². The van der Waals surface area contributed by atoms with Crippen LogP contribution in [0.1, 0.15) is 20.7 Å². The second-order valence-electron chi connectivity index (χ2n) is 3.93. The van der Waals surface area contributed by atoms with Gasteiger partial charge in [-0.2, -0.15) is 0 Å². The Morgan fingerprint density at radius 3 is 1.29 bits per heavy atom. The molecule has 2 aromatic rings. The third-order valence-corrected chi connectivity index (χ3v) is 2.45. The molecule has 0 aliphatic heterocycles. The molecule has 0 unspecified atom stereocenters. The van der Waals surface area contributed by atoms with Crippen LogP contribution in [0.15, 0.2) is 73.3 Å². The topological polar surface area (TPSA) is 71.4 Å². The van der Waals surface area contributed by atoms with Crippen LogP contribution in [0.2, 0.25) is 0 Å². The van der Waals surface area contributed by atoms with Gasteiger partial charge >= 0.3 is 5.97 Å². The minimum absolute atomic E-state index is 0.427. The first-order valence-corrected chi connectivity index (χ1v) is 6.10. The van der Waals surface area contributed by atoms with E-state index < -0.39 is 17.5 Å². The zero-order chi connectivity index (χ0) is 15.7. The van der Waals surface area contributed by atoms with Gasteiger partial charge in [-0.3, -0.25) is 9.59 Å². The Hall–Kier alpha value is -3.01. The summed E-state index contributed by atoms with van der Waals surface area (Å²) in [4.78, 5) is 32.8. The summed E-state index contributed by atoms with van der Waals surface area (Å²) in [5.41, 5.74) is 0.854. The molecule has 21 heavy (non-hydrogen) atoms. The third-order valence-electron chi connectivity index (χ3n) is 2.45. The number of carboxylic acids is 1. The average Bonchev–Trinajstić information content (AvgIpc) is 2.55. The number of benzene rings is 2. The zero-order valence-electron chi connectivity index (χ0n) is 11.2. The molecule has 2 rings (SSSR count). The molecular weight excluding hydrogens is 268 g/mol. The summed E-state index contributed by atoms with van der Waals surface area (Å²) in [7, 11) is 0. The van der Waals surface area contributed by atoms with Gasteiger partial charge in [0.15, 0.2) is 0 Å². The highest BCUT2D eigenvalue weighted by atomic mass is 16.4. The van der Waals surface area contributed by atoms with Gasteiger partial charge in [-0.1, -0.05) is 67.2 Å². The van der Waals surface area contributed by atoms with E-state index in [2.05, 4.69) is 6.58 Å². The Morgan fingerprint density at radius 1 is 0.762 bits per heavy atom. The predicted molar refractivity (Wildman–Crippen MR) is 79.4 cm³/mol. The van der Waals surface area contributed by atoms with E-state index in [1.807, 2.05) is 12.1 Å². The maximum Gasteiger partial charge on any atom is 0.327 e. The number of carbonyl (C=O) groups is 3. The molecule has 0 heterocycles. The Kier molecular flexibility index (Phi) is 6.28. The van der Waals surface area contributed by atoms with Crippen LogP contribution in [0.5, 0.6) is 0 Å². The van der Waals surface area contributed by atoms with Crippen molar-refractivity contribution < 1.29 is 19.5 Å². The van der Waals surface area contributed by atoms with Crippen LogP contribution in [0, 0.1) is 0 Å². The molecule has 2 aromatic carbocycles. The molecular formula is C17H14O4. The normalized spacial score (nSPS) is 8.95. The highest BCUT2D eigenvalue weighted by Gasteiger charge is 2.16. The largest absolute Gasteiger partial charge is 0.478 e. The Labute approximate surface area is 122 Å². The zero-order valence-corrected chi connectivity index (χ0v) is 11.2. The van der Waals surface area contributed by atoms with E-state index in [0.717, 1.165) is 6.08 Å². The molecule has 0 atom stereocenters. The number of rotatable bonds is 4. The lowest BCUT2D eigenvalue weighted by atomic mass is 10.0. The van der Waals surface area contributed by atoms with Crippen molar-refractivity contribution in [2.75, 3.05) is 0 Å². The summed E-state index contributed by atoms with van der Waals surface area (Å²) < 4.78 is 0. The fraction of sp³-hybridized carbons (Fsp3) is 0. The van der Waals surface area contributed by atoms with Crippen LogP contribution in [0.4, 0.5) is 0 Å². The molecule has 1 N–H and O–H groups in total. The van der Waals surface area contributed by atoms with Gasteiger partial charge in [-0.15, -0.1) is 0 Å². The van der Waals surface area contributed by atoms with Crippen LogP contribution in [-0.2, 0) is 4.79 Å². The van der Waals surface area contributed by atoms with E-state index >= 15 is 0 Å². The molecule has 0 aliphatic rings. The Morgan fingerprint density at radius 2 is 1.05 bits per heavy atom. The van der Waals surface area contributed by atoms with Crippen molar-refractivity contribution in [2.24, 2.45) is 0 Å². The Balaban J connectivity index is 0.000000383. The lowest BCUT2D eigenvalue weighted by Crippen LogP contribution is -2.14. The SMILES string of the molecule is C=CC(=O)O.O=C(C(=O)c1ccccc1)c1ccccc1. The molecule has 4 nitrogen and oxygen atoms in total. The van der Waals surface area contributed by atoms with Crippen molar-refractivity contribution in [3.8, 4) is 0 Å². The van der Waals surface area contributed by atoms with E-state index in [4.69, 9.17) is 5.11 Å². The number of hydrogen-bond donors (Lipinski definition) is 1. The van der Waals surface area contributed by atoms with E-state index in [-0.39, 0.29) is 0 Å². The quantitative estimate of drug-likeness (QED) is 0.531. The fourth-order valence-electron chi connectivity index (χ4n) is 1.44. The number of aliphatic carboxylic acids is 1. The summed E-state index contributed by atoms with van der Waals surface area (Å²) in [6.45, 7) is 2.96. The second-order valence-corrected chi connectivity index (χ2v) is 3.93. The smallest absolute Gasteiger partial charge is 0.327 e. The van der Waals surface area contributed by atoms with E-state index in [9.17, 15) is 14.4 Å². The maximum absolute atomic E-state index is 11.8. The number of hydrogen-bond acceptors (Lipinski definition) is 3. The second kappa shape index (κ2) is 8.22. The summed E-state index contributed by atoms with van der Waals surface area (Å²) in [5, 5.41) is 7.60. The molecule has 4 heteroatoms. The van der Waals surface area contributed by atoms with Crippen LogP contribution >= 0.6 is 0 Å². The number of ketones is 2. The standard InChI is InChI=1S/C14H10O2.C3H4O2/c15-13(11-7-3-1-4-8-11)14(16)12-9-5-2-6-10-12;1-2-3(4)5/h1-10H;2H,1H2,(H,4,5). The maximum atomic E-state index is 11.8. The predicted octanol–water partition coefficient (Wildman–Crippen LogP) is 3.01. The van der Waals surface area contributed by atoms with Gasteiger partial charge < -0.3 is 5.11 Å². The van der Waals surface area contributed by atoms with E-state index in [0.29, 0.717) is 11.1 Å². The van der Waals surface area contributed by atoms with Crippen molar-refractivity contribution in [1.29, 1.82) is 0 Å². The minimum atomic E-state index is -0.981. The molecule has 0 aliphatic carbocycles. The van der Waals surface area contributed by atoms with Crippen molar-refractivity contribution in [2.45, 2.75) is 0 Å². The molecule has 106 valence electrons. The first-order valence-electron chi connectivity index (χ1n) is 6.10. The molecule has 0 amide bonds. The summed E-state index contributed by atoms with van der Waals surface area (Å²) in [5.74, 6) is -1.91. The van der Waals surface area contributed by atoms with Gasteiger partial charge in [0.05, 0.1) is 0 Å². The lowest BCUT2D eigenvalue weighted by Gasteiger charge is -1.99. The summed E-state index contributed by atoms with van der Waals surface area (Å²) >= 11 is 0. The van der Waals surface area contributed by atoms with Gasteiger partial charge in [-0.05, 0) is 0 Å². The minimum Gasteiger partial charge on any atom is -0.478 e. The summed E-state index contributed by atoms with van der Waals surface area (Å²) in [6, 6.07) is 17.2. The van der Waals surface area contributed by atoms with Gasteiger partial charge in [0.1, 0.15) is 0 Å². The first kappa shape index (κ1) is 16.0. The van der Waals surface area contributed by atoms with Crippen LogP contribution < -0.4 is 0 Å². The highest BCUT2D eigenvalue weighted by molar-refractivity contribution is 6.49. The number of carbonyl (C=O) groups excluding carboxylic acids is 2. The van der Waals surface area contributed by atoms with Gasteiger partial charge in [-0.25, -0.2) is 4.79 Å². The molecule has 0 radical (unpaired) electrons. The molecule has 0 bridgehead atoms. The van der Waals surface area contributed by atoms with Crippen LogP contribution in [0.25, 0.3) is 0 Å². The van der Waals surface area contributed by atoms with Crippen molar-refractivity contribution >= 4 is 17.5 Å². The number of carboxylic acid groups (broad SMARTS) is 1. The molecule has 0 fully saturated rings. The lowest BCUT2D eigenvalue weighted by molar-refractivity contribution is -0.131. The van der Waals surface area contributed by atoms with Crippen molar-refractivity contribution in [3.05, 3.63) is 84.4 Å². The van der Waals surface area contributed by atoms with E-state index in [1.165, 1.54) is 0 Å². The molecule has 0 saturated carbocycles. The highest BCUT2D eigenvalue weighted by Crippen LogP contribution is 2.07. The van der Waals surface area contributed by atoms with Gasteiger partial charge in [0, 0.05) is 17.2 Å². The van der Waals surface area contributed by atoms with Crippen molar-refractivity contribution in [3.63, 3.8) is 0 Å². The average molecular weight is 282 g/mol. The Bertz CT molecular complexity index is 581. The molecule has 0 aromatic heterocycles. The fourth-order valence-corrected chi connectivity index (χ4v) is 1.44. The molecule has 0 saturated heterocycles. The molecule has 0 spiro atoms. The van der Waals surface area contributed by atoms with Gasteiger partial charge in [0.2, 0.25) is 11.6 Å². The summed E-state index contributed by atoms with van der Waals surface area (Å²) in [6.07, 6.45) is 0.833. The van der Waals surface area contributed by atoms with Crippen LogP contribution in [0.3, 0.4) is 0 Å². The number of Topliss-reactive ketones (excluding diaryl/α,β-unsaturated/α-hetero) is 2. The first-order chi connectivity index (χ1) is 10.1. The third kappa shape index (κ3) is 5.24. The monoisotopic (exact) mass is 282 g/mol. The van der Waals surface area contributed by atoms with E-state index in [1.54, 1.807) is 48.5 Å². The van der Waals surface area contributed by atoms with Crippen molar-refractivity contribution in [1.82, 2.24) is 0 Å².